The van der Waals surface area contributed by atoms with Crippen LogP contribution in [0.4, 0.5) is 5.69 Å². The Kier molecular flexibility index (Phi) is 4.61. The van der Waals surface area contributed by atoms with Gasteiger partial charge in [0.25, 0.3) is 5.91 Å². The molecular formula is C19H19N3O2. The number of carbonyl (C=O) groups is 1. The highest BCUT2D eigenvalue weighted by Gasteiger charge is 2.08. The summed E-state index contributed by atoms with van der Waals surface area (Å²) in [6.07, 6.45) is 3.21. The van der Waals surface area contributed by atoms with E-state index >= 15 is 0 Å². The molecule has 0 aliphatic heterocycles. The predicted octanol–water partition coefficient (Wildman–Crippen LogP) is 3.56. The number of hydrogen-bond donors (Lipinski definition) is 1. The lowest BCUT2D eigenvalue weighted by Gasteiger charge is -2.08. The largest absolute Gasteiger partial charge is 0.489 e. The van der Waals surface area contributed by atoms with Crippen molar-refractivity contribution in [3.8, 4) is 5.75 Å². The van der Waals surface area contributed by atoms with Crippen LogP contribution in [0.5, 0.6) is 5.75 Å². The first-order chi connectivity index (χ1) is 11.6. The van der Waals surface area contributed by atoms with Crippen molar-refractivity contribution in [3.05, 3.63) is 77.6 Å². The molecule has 2 aromatic carbocycles. The molecule has 0 atom stereocenters. The highest BCUT2D eigenvalue weighted by atomic mass is 16.5. The normalized spacial score (nSPS) is 10.4. The summed E-state index contributed by atoms with van der Waals surface area (Å²) >= 11 is 0. The molecule has 0 unspecified atom stereocenters. The Morgan fingerprint density at radius 3 is 2.46 bits per heavy atom. The lowest BCUT2D eigenvalue weighted by Crippen LogP contribution is -2.10. The Labute approximate surface area is 140 Å². The number of carbonyl (C=O) groups excluding carboxylic acids is 1. The van der Waals surface area contributed by atoms with Crippen molar-refractivity contribution in [1.82, 2.24) is 9.78 Å². The van der Waals surface area contributed by atoms with Gasteiger partial charge in [-0.1, -0.05) is 29.8 Å². The van der Waals surface area contributed by atoms with E-state index in [0.29, 0.717) is 17.9 Å². The first-order valence-corrected chi connectivity index (χ1v) is 7.68. The third-order valence-corrected chi connectivity index (χ3v) is 3.61. The summed E-state index contributed by atoms with van der Waals surface area (Å²) in [5.74, 6) is 0.575. The monoisotopic (exact) mass is 321 g/mol. The van der Waals surface area contributed by atoms with E-state index < -0.39 is 0 Å². The molecule has 0 saturated carbocycles. The first kappa shape index (κ1) is 15.8. The molecule has 0 fully saturated rings. The van der Waals surface area contributed by atoms with Crippen LogP contribution < -0.4 is 10.1 Å². The minimum absolute atomic E-state index is 0.184. The lowest BCUT2D eigenvalue weighted by atomic mass is 10.2. The van der Waals surface area contributed by atoms with Crippen LogP contribution in [0.15, 0.2) is 60.9 Å². The Morgan fingerprint density at radius 2 is 1.83 bits per heavy atom. The Balaban J connectivity index is 1.57. The fraction of sp³-hybridized carbons (Fsp3) is 0.158. The maximum atomic E-state index is 12.1. The van der Waals surface area contributed by atoms with Gasteiger partial charge in [0, 0.05) is 18.9 Å². The summed E-state index contributed by atoms with van der Waals surface area (Å²) < 4.78 is 7.35. The maximum absolute atomic E-state index is 12.1. The lowest BCUT2D eigenvalue weighted by molar-refractivity contribution is 0.102. The number of nitrogens with zero attached hydrogens (tertiary/aromatic N) is 2. The average Bonchev–Trinajstić information content (AvgIpc) is 3.02. The van der Waals surface area contributed by atoms with Crippen LogP contribution in [0.1, 0.15) is 21.5 Å². The van der Waals surface area contributed by atoms with Gasteiger partial charge in [-0.15, -0.1) is 0 Å². The van der Waals surface area contributed by atoms with Gasteiger partial charge < -0.3 is 10.1 Å². The molecule has 1 amide bonds. The number of benzene rings is 2. The molecule has 5 nitrogen and oxygen atoms in total. The standard InChI is InChI=1S/C19H19N3O2/c1-14-3-5-15(6-4-14)13-24-18-9-7-17(8-10-18)21-19(23)16-11-20-22(2)12-16/h3-12H,13H2,1-2H3,(H,21,23). The Morgan fingerprint density at radius 1 is 1.12 bits per heavy atom. The number of rotatable bonds is 5. The van der Waals surface area contributed by atoms with Crippen molar-refractivity contribution >= 4 is 11.6 Å². The van der Waals surface area contributed by atoms with Gasteiger partial charge >= 0.3 is 0 Å². The minimum Gasteiger partial charge on any atom is -0.489 e. The van der Waals surface area contributed by atoms with E-state index in [2.05, 4.69) is 41.6 Å². The van der Waals surface area contributed by atoms with E-state index in [1.165, 1.54) is 11.8 Å². The number of ether oxygens (including phenoxy) is 1. The number of anilines is 1. The van der Waals surface area contributed by atoms with Crippen LogP contribution in [-0.2, 0) is 13.7 Å². The third-order valence-electron chi connectivity index (χ3n) is 3.61. The van der Waals surface area contributed by atoms with Gasteiger partial charge in [0.15, 0.2) is 0 Å². The van der Waals surface area contributed by atoms with E-state index in [9.17, 15) is 4.79 Å². The van der Waals surface area contributed by atoms with E-state index in [1.54, 1.807) is 17.9 Å². The summed E-state index contributed by atoms with van der Waals surface area (Å²) in [7, 11) is 1.77. The second-order valence-corrected chi connectivity index (χ2v) is 5.66. The molecule has 0 saturated heterocycles. The fourth-order valence-corrected chi connectivity index (χ4v) is 2.23. The van der Waals surface area contributed by atoms with Gasteiger partial charge in [-0.05, 0) is 36.8 Å². The zero-order valence-electron chi connectivity index (χ0n) is 13.7. The molecule has 0 aliphatic carbocycles. The van der Waals surface area contributed by atoms with Crippen molar-refractivity contribution in [2.45, 2.75) is 13.5 Å². The van der Waals surface area contributed by atoms with Crippen LogP contribution in [0, 0.1) is 6.92 Å². The molecule has 1 aromatic heterocycles. The number of aromatic nitrogens is 2. The molecular weight excluding hydrogens is 302 g/mol. The van der Waals surface area contributed by atoms with Crippen molar-refractivity contribution in [1.29, 1.82) is 0 Å². The summed E-state index contributed by atoms with van der Waals surface area (Å²) in [5, 5.41) is 6.82. The predicted molar refractivity (Wildman–Crippen MR) is 93.1 cm³/mol. The Bertz CT molecular complexity index is 821. The molecule has 3 aromatic rings. The van der Waals surface area contributed by atoms with E-state index in [1.807, 2.05) is 24.3 Å². The third kappa shape index (κ3) is 4.01. The van der Waals surface area contributed by atoms with Crippen LogP contribution in [0.25, 0.3) is 0 Å². The maximum Gasteiger partial charge on any atom is 0.258 e. The smallest absolute Gasteiger partial charge is 0.258 e. The van der Waals surface area contributed by atoms with Crippen molar-refractivity contribution in [2.24, 2.45) is 7.05 Å². The average molecular weight is 321 g/mol. The van der Waals surface area contributed by atoms with Gasteiger partial charge in [0.05, 0.1) is 11.8 Å². The summed E-state index contributed by atoms with van der Waals surface area (Å²) in [6, 6.07) is 15.6. The molecule has 0 spiro atoms. The highest BCUT2D eigenvalue weighted by molar-refractivity contribution is 6.03. The number of nitrogens with one attached hydrogen (secondary N) is 1. The number of hydrogen-bond acceptors (Lipinski definition) is 3. The van der Waals surface area contributed by atoms with Gasteiger partial charge in [0.1, 0.15) is 12.4 Å². The number of aryl methyl sites for hydroxylation is 2. The SMILES string of the molecule is Cc1ccc(COc2ccc(NC(=O)c3cnn(C)c3)cc2)cc1. The topological polar surface area (TPSA) is 56.1 Å². The van der Waals surface area contributed by atoms with E-state index in [4.69, 9.17) is 4.74 Å². The molecule has 5 heteroatoms. The van der Waals surface area contributed by atoms with Crippen LogP contribution >= 0.6 is 0 Å². The highest BCUT2D eigenvalue weighted by Crippen LogP contribution is 2.18. The zero-order chi connectivity index (χ0) is 16.9. The van der Waals surface area contributed by atoms with Crippen molar-refractivity contribution < 1.29 is 9.53 Å². The van der Waals surface area contributed by atoms with Gasteiger partial charge in [-0.25, -0.2) is 0 Å². The summed E-state index contributed by atoms with van der Waals surface area (Å²) in [4.78, 5) is 12.1. The minimum atomic E-state index is -0.184. The zero-order valence-corrected chi connectivity index (χ0v) is 13.7. The molecule has 1 N–H and O–H groups in total. The molecule has 0 aliphatic rings. The molecule has 3 rings (SSSR count). The molecule has 0 radical (unpaired) electrons. The van der Waals surface area contributed by atoms with Crippen molar-refractivity contribution in [3.63, 3.8) is 0 Å². The molecule has 0 bridgehead atoms. The van der Waals surface area contributed by atoms with Crippen LogP contribution in [0.2, 0.25) is 0 Å². The van der Waals surface area contributed by atoms with Gasteiger partial charge in [0.2, 0.25) is 0 Å². The number of amides is 1. The first-order valence-electron chi connectivity index (χ1n) is 7.68. The molecule has 122 valence electrons. The Hall–Kier alpha value is -3.08. The second-order valence-electron chi connectivity index (χ2n) is 5.66. The second kappa shape index (κ2) is 7.00. The van der Waals surface area contributed by atoms with Crippen LogP contribution in [0.3, 0.4) is 0 Å². The summed E-state index contributed by atoms with van der Waals surface area (Å²) in [6.45, 7) is 2.57. The quantitative estimate of drug-likeness (QED) is 0.782. The summed E-state index contributed by atoms with van der Waals surface area (Å²) in [5.41, 5.74) is 3.59. The fourth-order valence-electron chi connectivity index (χ4n) is 2.23. The molecule has 1 heterocycles. The van der Waals surface area contributed by atoms with Crippen molar-refractivity contribution in [2.75, 3.05) is 5.32 Å². The molecule has 24 heavy (non-hydrogen) atoms. The van der Waals surface area contributed by atoms with E-state index in [0.717, 1.165) is 11.3 Å². The van der Waals surface area contributed by atoms with Gasteiger partial charge in [-0.2, -0.15) is 5.10 Å². The van der Waals surface area contributed by atoms with Gasteiger partial charge in [-0.3, -0.25) is 9.48 Å². The van der Waals surface area contributed by atoms with Crippen LogP contribution in [-0.4, -0.2) is 15.7 Å². The van der Waals surface area contributed by atoms with E-state index in [-0.39, 0.29) is 5.91 Å².